The van der Waals surface area contributed by atoms with Crippen LogP contribution >= 0.6 is 0 Å². The first kappa shape index (κ1) is 10.1. The Morgan fingerprint density at radius 2 is 1.40 bits per heavy atom. The van der Waals surface area contributed by atoms with Crippen molar-refractivity contribution < 1.29 is 10.2 Å². The molecule has 2 saturated carbocycles. The third-order valence-corrected chi connectivity index (χ3v) is 4.81. The molecule has 0 unspecified atom stereocenters. The van der Waals surface area contributed by atoms with Gasteiger partial charge in [-0.05, 0) is 44.9 Å². The fourth-order valence-corrected chi connectivity index (χ4v) is 4.27. The first-order chi connectivity index (χ1) is 7.09. The van der Waals surface area contributed by atoms with E-state index in [9.17, 15) is 10.2 Å². The predicted molar refractivity (Wildman–Crippen MR) is 57.4 cm³/mol. The molecule has 4 bridgehead atoms. The molecule has 0 spiro atoms. The second kappa shape index (κ2) is 3.19. The lowest BCUT2D eigenvalue weighted by molar-refractivity contribution is -0.195. The second-order valence-corrected chi connectivity index (χ2v) is 5.88. The Hall–Kier alpha value is -0.120. The fraction of sp³-hybridized carbons (Fsp3) is 1.00. The molecule has 4 fully saturated rings. The molecule has 6 atom stereocenters. The van der Waals surface area contributed by atoms with Crippen LogP contribution in [0.5, 0.6) is 0 Å². The van der Waals surface area contributed by atoms with Gasteiger partial charge in [0.25, 0.3) is 0 Å². The highest BCUT2D eigenvalue weighted by Gasteiger charge is 2.56. The van der Waals surface area contributed by atoms with Crippen LogP contribution in [0.15, 0.2) is 0 Å². The van der Waals surface area contributed by atoms with Crippen molar-refractivity contribution in [2.75, 3.05) is 0 Å². The largest absolute Gasteiger partial charge is 0.391 e. The monoisotopic (exact) mass is 211 g/mol. The molecule has 3 nitrogen and oxygen atoms in total. The van der Waals surface area contributed by atoms with Crippen molar-refractivity contribution in [1.82, 2.24) is 4.90 Å². The summed E-state index contributed by atoms with van der Waals surface area (Å²) in [5.41, 5.74) is 0. The van der Waals surface area contributed by atoms with Crippen LogP contribution in [0.4, 0.5) is 0 Å². The molecule has 0 amide bonds. The second-order valence-electron chi connectivity index (χ2n) is 5.88. The van der Waals surface area contributed by atoms with Crippen LogP contribution in [0, 0.1) is 11.8 Å². The normalized spacial score (nSPS) is 54.2. The minimum atomic E-state index is -0.146. The minimum Gasteiger partial charge on any atom is -0.391 e. The van der Waals surface area contributed by atoms with Gasteiger partial charge in [0.2, 0.25) is 0 Å². The van der Waals surface area contributed by atoms with Crippen LogP contribution in [0.25, 0.3) is 0 Å². The lowest BCUT2D eigenvalue weighted by Gasteiger charge is -2.61. The summed E-state index contributed by atoms with van der Waals surface area (Å²) in [6.45, 7) is 4.34. The quantitative estimate of drug-likeness (QED) is 0.667. The Kier molecular flexibility index (Phi) is 2.14. The van der Waals surface area contributed by atoms with Crippen LogP contribution in [0.1, 0.15) is 33.1 Å². The van der Waals surface area contributed by atoms with Gasteiger partial charge in [-0.15, -0.1) is 0 Å². The van der Waals surface area contributed by atoms with Crippen LogP contribution in [-0.4, -0.2) is 45.4 Å². The minimum absolute atomic E-state index is 0.146. The number of hydrogen-bond donors (Lipinski definition) is 2. The van der Waals surface area contributed by atoms with Crippen molar-refractivity contribution in [1.29, 1.82) is 0 Å². The van der Waals surface area contributed by atoms with Crippen LogP contribution in [-0.2, 0) is 0 Å². The van der Waals surface area contributed by atoms with Gasteiger partial charge in [0.05, 0.1) is 12.2 Å². The molecule has 2 aliphatic carbocycles. The lowest BCUT2D eigenvalue weighted by Crippen LogP contribution is -2.71. The SMILES string of the molecule is CC(C)N1[C@@H]2C[C@H]3C[C@H](C[C@@H]1[C@@H]3O)[C@H]2O. The highest BCUT2D eigenvalue weighted by atomic mass is 16.3. The zero-order chi connectivity index (χ0) is 10.7. The molecule has 86 valence electrons. The molecule has 0 radical (unpaired) electrons. The van der Waals surface area contributed by atoms with Crippen LogP contribution in [0.2, 0.25) is 0 Å². The number of piperidine rings is 2. The van der Waals surface area contributed by atoms with Gasteiger partial charge in [-0.1, -0.05) is 0 Å². The maximum Gasteiger partial charge on any atom is 0.0724 e. The van der Waals surface area contributed by atoms with Crippen molar-refractivity contribution in [2.24, 2.45) is 11.8 Å². The summed E-state index contributed by atoms with van der Waals surface area (Å²) in [5.74, 6) is 0.911. The van der Waals surface area contributed by atoms with Crippen molar-refractivity contribution in [3.05, 3.63) is 0 Å². The van der Waals surface area contributed by atoms with Crippen LogP contribution < -0.4 is 0 Å². The standard InChI is InChI=1S/C12H21NO2/c1-6(2)13-9-4-7-3-8(12(9)15)5-10(13)11(7)14/h6-12,14-15H,3-5H2,1-2H3/t7-,8-,9-,10-,11-,12-/m1/s1. The first-order valence-corrected chi connectivity index (χ1v) is 6.23. The summed E-state index contributed by atoms with van der Waals surface area (Å²) in [6.07, 6.45) is 2.74. The fourth-order valence-electron chi connectivity index (χ4n) is 4.27. The Bertz CT molecular complexity index is 246. The topological polar surface area (TPSA) is 43.7 Å². The Labute approximate surface area is 91.1 Å². The van der Waals surface area contributed by atoms with Crippen molar-refractivity contribution >= 4 is 0 Å². The molecular weight excluding hydrogens is 190 g/mol. The zero-order valence-corrected chi connectivity index (χ0v) is 9.50. The number of hydrogen-bond acceptors (Lipinski definition) is 3. The van der Waals surface area contributed by atoms with Gasteiger partial charge in [0.15, 0.2) is 0 Å². The molecule has 2 N–H and O–H groups in total. The van der Waals surface area contributed by atoms with E-state index in [0.29, 0.717) is 30.0 Å². The summed E-state index contributed by atoms with van der Waals surface area (Å²) >= 11 is 0. The van der Waals surface area contributed by atoms with E-state index in [-0.39, 0.29) is 12.2 Å². The maximum absolute atomic E-state index is 10.2. The van der Waals surface area contributed by atoms with Gasteiger partial charge < -0.3 is 10.2 Å². The molecular formula is C12H21NO2. The molecule has 0 aromatic carbocycles. The highest BCUT2D eigenvalue weighted by molar-refractivity contribution is 5.09. The van der Waals surface area contributed by atoms with E-state index in [1.165, 1.54) is 0 Å². The van der Waals surface area contributed by atoms with E-state index < -0.39 is 0 Å². The van der Waals surface area contributed by atoms with Gasteiger partial charge in [0, 0.05) is 18.1 Å². The van der Waals surface area contributed by atoms with E-state index in [1.54, 1.807) is 0 Å². The molecule has 4 aliphatic rings. The van der Waals surface area contributed by atoms with Crippen molar-refractivity contribution in [3.63, 3.8) is 0 Å². The number of nitrogens with zero attached hydrogens (tertiary/aromatic N) is 1. The van der Waals surface area contributed by atoms with Gasteiger partial charge in [-0.25, -0.2) is 0 Å². The van der Waals surface area contributed by atoms with Crippen molar-refractivity contribution in [3.8, 4) is 0 Å². The van der Waals surface area contributed by atoms with Gasteiger partial charge in [0.1, 0.15) is 0 Å². The highest BCUT2D eigenvalue weighted by Crippen LogP contribution is 2.49. The Morgan fingerprint density at radius 3 is 1.80 bits per heavy atom. The summed E-state index contributed by atoms with van der Waals surface area (Å²) in [7, 11) is 0. The summed E-state index contributed by atoms with van der Waals surface area (Å²) < 4.78 is 0. The number of aliphatic hydroxyl groups is 2. The van der Waals surface area contributed by atoms with E-state index in [4.69, 9.17) is 0 Å². The van der Waals surface area contributed by atoms with Gasteiger partial charge >= 0.3 is 0 Å². The zero-order valence-electron chi connectivity index (χ0n) is 9.50. The molecule has 2 aliphatic heterocycles. The third-order valence-electron chi connectivity index (χ3n) is 4.81. The Balaban J connectivity index is 1.93. The summed E-state index contributed by atoms with van der Waals surface area (Å²) in [4.78, 5) is 2.36. The molecule has 2 saturated heterocycles. The first-order valence-electron chi connectivity index (χ1n) is 6.23. The van der Waals surface area contributed by atoms with Gasteiger partial charge in [-0.2, -0.15) is 0 Å². The third kappa shape index (κ3) is 1.23. The predicted octanol–water partition coefficient (Wildman–Crippen LogP) is 0.599. The maximum atomic E-state index is 10.2. The lowest BCUT2D eigenvalue weighted by atomic mass is 9.60. The van der Waals surface area contributed by atoms with E-state index in [1.807, 2.05) is 0 Å². The van der Waals surface area contributed by atoms with E-state index >= 15 is 0 Å². The van der Waals surface area contributed by atoms with Crippen LogP contribution in [0.3, 0.4) is 0 Å². The molecule has 3 heteroatoms. The van der Waals surface area contributed by atoms with E-state index in [2.05, 4.69) is 18.7 Å². The molecule has 2 heterocycles. The number of rotatable bonds is 1. The Morgan fingerprint density at radius 1 is 0.933 bits per heavy atom. The van der Waals surface area contributed by atoms with Crippen molar-refractivity contribution in [2.45, 2.75) is 63.4 Å². The smallest absolute Gasteiger partial charge is 0.0724 e. The average molecular weight is 211 g/mol. The number of aliphatic hydroxyl groups excluding tert-OH is 2. The molecule has 0 aromatic heterocycles. The van der Waals surface area contributed by atoms with Gasteiger partial charge in [-0.3, -0.25) is 4.90 Å². The summed E-state index contributed by atoms with van der Waals surface area (Å²) in [6, 6.07) is 1.07. The molecule has 15 heavy (non-hydrogen) atoms. The average Bonchev–Trinajstić information content (AvgIpc) is 2.15. The van der Waals surface area contributed by atoms with E-state index in [0.717, 1.165) is 19.3 Å². The summed E-state index contributed by atoms with van der Waals surface area (Å²) in [5, 5.41) is 20.4. The molecule has 0 aromatic rings. The molecule has 4 rings (SSSR count).